The fourth-order valence-corrected chi connectivity index (χ4v) is 3.07. The van der Waals surface area contributed by atoms with Crippen LogP contribution in [0.15, 0.2) is 70.2 Å². The van der Waals surface area contributed by atoms with Gasteiger partial charge in [-0.1, -0.05) is 59.8 Å². The monoisotopic (exact) mass is 458 g/mol. The Morgan fingerprint density at radius 1 is 1.09 bits per heavy atom. The van der Waals surface area contributed by atoms with Gasteiger partial charge in [-0.15, -0.1) is 0 Å². The molecule has 9 nitrogen and oxygen atoms in total. The van der Waals surface area contributed by atoms with E-state index < -0.39 is 10.1 Å². The predicted octanol–water partition coefficient (Wildman–Crippen LogP) is 2.71. The maximum absolute atomic E-state index is 9.19. The van der Waals surface area contributed by atoms with Crippen molar-refractivity contribution in [2.75, 3.05) is 32.6 Å². The van der Waals surface area contributed by atoms with Crippen molar-refractivity contribution in [1.82, 2.24) is 10.1 Å². The largest absolute Gasteiger partial charge is 0.378 e. The first-order valence-corrected chi connectivity index (χ1v) is 11.8. The van der Waals surface area contributed by atoms with Crippen LogP contribution in [0.3, 0.4) is 0 Å². The Morgan fingerprint density at radius 2 is 1.69 bits per heavy atom. The summed E-state index contributed by atoms with van der Waals surface area (Å²) in [6.45, 7) is 2.81. The van der Waals surface area contributed by atoms with E-state index in [0.717, 1.165) is 18.8 Å². The zero-order chi connectivity index (χ0) is 23.0. The van der Waals surface area contributed by atoms with Gasteiger partial charge in [0.05, 0.1) is 25.2 Å². The first-order chi connectivity index (χ1) is 15.3. The molecule has 0 radical (unpaired) electrons. The fraction of sp³-hybridized carbons (Fsp3) is 0.273. The molecular formula is C22H26N4O5S. The number of aliphatic imine (C=N–C) groups is 1. The number of benzene rings is 2. The van der Waals surface area contributed by atoms with Gasteiger partial charge in [-0.25, -0.2) is 0 Å². The average molecular weight is 459 g/mol. The van der Waals surface area contributed by atoms with Crippen LogP contribution in [0.25, 0.3) is 11.1 Å². The molecule has 10 heteroatoms. The molecule has 0 aliphatic carbocycles. The fourth-order valence-electron chi connectivity index (χ4n) is 3.07. The zero-order valence-corrected chi connectivity index (χ0v) is 18.5. The van der Waals surface area contributed by atoms with Gasteiger partial charge in [-0.05, 0) is 16.7 Å². The number of nitrogens with two attached hydrogens (primary N) is 1. The van der Waals surface area contributed by atoms with Crippen molar-refractivity contribution in [2.45, 2.75) is 6.42 Å². The average Bonchev–Trinajstić information content (AvgIpc) is 3.21. The van der Waals surface area contributed by atoms with Crippen molar-refractivity contribution < 1.29 is 22.2 Å². The second-order valence-corrected chi connectivity index (χ2v) is 8.66. The molecule has 1 fully saturated rings. The maximum atomic E-state index is 9.19. The lowest BCUT2D eigenvalue weighted by atomic mass is 10.0. The summed E-state index contributed by atoms with van der Waals surface area (Å²) in [5.41, 5.74) is 10.4. The highest BCUT2D eigenvalue weighted by Crippen LogP contribution is 2.21. The summed E-state index contributed by atoms with van der Waals surface area (Å²) >= 11 is 0. The Kier molecular flexibility index (Phi) is 7.98. The minimum Gasteiger partial charge on any atom is -0.378 e. The Bertz CT molecular complexity index is 1110. The van der Waals surface area contributed by atoms with E-state index in [4.69, 9.17) is 19.5 Å². The standard InChI is InChI=1S/C21H22N4O2.CH4O3S/c22-21(25-10-12-26-13-11-25)23-20-15-19(24-27-20)14-16-6-8-18(9-7-16)17-4-2-1-3-5-17;1-5(2,3)4/h1-9,15H,10-14H2,(H2,22,23);1H3,(H,2,3,4). The molecule has 1 aliphatic rings. The summed E-state index contributed by atoms with van der Waals surface area (Å²) in [6.07, 6.45) is 1.40. The van der Waals surface area contributed by atoms with Gasteiger partial charge in [0.15, 0.2) is 5.96 Å². The first kappa shape index (κ1) is 23.5. The zero-order valence-electron chi connectivity index (χ0n) is 17.7. The highest BCUT2D eigenvalue weighted by molar-refractivity contribution is 7.85. The van der Waals surface area contributed by atoms with E-state index in [-0.39, 0.29) is 0 Å². The topological polar surface area (TPSA) is 131 Å². The minimum absolute atomic E-state index is 0.426. The number of ether oxygens (including phenoxy) is 1. The lowest BCUT2D eigenvalue weighted by Gasteiger charge is -2.27. The van der Waals surface area contributed by atoms with Crippen molar-refractivity contribution in [2.24, 2.45) is 10.7 Å². The summed E-state index contributed by atoms with van der Waals surface area (Å²) in [5, 5.41) is 4.11. The molecule has 0 unspecified atom stereocenters. The van der Waals surface area contributed by atoms with Crippen molar-refractivity contribution in [3.05, 3.63) is 71.9 Å². The number of rotatable bonds is 4. The Labute approximate surface area is 187 Å². The highest BCUT2D eigenvalue weighted by atomic mass is 32.2. The normalized spacial score (nSPS) is 14.6. The van der Waals surface area contributed by atoms with Gasteiger partial charge in [-0.2, -0.15) is 13.4 Å². The quantitative estimate of drug-likeness (QED) is 0.347. The van der Waals surface area contributed by atoms with Crippen LogP contribution in [0.4, 0.5) is 5.88 Å². The molecule has 4 rings (SSSR count). The highest BCUT2D eigenvalue weighted by Gasteiger charge is 2.13. The number of morpholine rings is 1. The predicted molar refractivity (Wildman–Crippen MR) is 122 cm³/mol. The number of aromatic nitrogens is 1. The summed E-state index contributed by atoms with van der Waals surface area (Å²) in [7, 11) is -3.67. The van der Waals surface area contributed by atoms with Crippen LogP contribution < -0.4 is 5.73 Å². The molecule has 2 aromatic carbocycles. The Hall–Kier alpha value is -3.21. The smallest absolute Gasteiger partial charge is 0.261 e. The van der Waals surface area contributed by atoms with Gasteiger partial charge in [0, 0.05) is 25.6 Å². The summed E-state index contributed by atoms with van der Waals surface area (Å²) in [4.78, 5) is 6.31. The van der Waals surface area contributed by atoms with Crippen molar-refractivity contribution in [3.63, 3.8) is 0 Å². The van der Waals surface area contributed by atoms with Gasteiger partial charge in [0.25, 0.3) is 16.0 Å². The third-order valence-corrected chi connectivity index (χ3v) is 4.55. The maximum Gasteiger partial charge on any atom is 0.261 e. The molecule has 170 valence electrons. The van der Waals surface area contributed by atoms with Crippen LogP contribution in [-0.4, -0.2) is 61.5 Å². The molecule has 1 aromatic heterocycles. The Morgan fingerprint density at radius 3 is 2.31 bits per heavy atom. The van der Waals surface area contributed by atoms with Gasteiger partial charge >= 0.3 is 0 Å². The number of nitrogens with zero attached hydrogens (tertiary/aromatic N) is 3. The second kappa shape index (κ2) is 10.9. The van der Waals surface area contributed by atoms with E-state index in [0.29, 0.717) is 37.7 Å². The van der Waals surface area contributed by atoms with Gasteiger partial charge in [0.1, 0.15) is 0 Å². The van der Waals surface area contributed by atoms with E-state index in [1.54, 1.807) is 0 Å². The van der Waals surface area contributed by atoms with Gasteiger partial charge in [-0.3, -0.25) is 4.55 Å². The van der Waals surface area contributed by atoms with E-state index in [2.05, 4.69) is 46.5 Å². The third-order valence-electron chi connectivity index (χ3n) is 4.55. The van der Waals surface area contributed by atoms with E-state index in [9.17, 15) is 8.42 Å². The molecule has 3 N–H and O–H groups in total. The van der Waals surface area contributed by atoms with Crippen molar-refractivity contribution in [3.8, 4) is 11.1 Å². The Balaban J connectivity index is 0.000000523. The SMILES string of the molecule is CS(=O)(=O)O.N/C(=N/c1cc(Cc2ccc(-c3ccccc3)cc2)no1)N1CCOCC1. The van der Waals surface area contributed by atoms with Gasteiger partial charge in [0.2, 0.25) is 0 Å². The summed E-state index contributed by atoms with van der Waals surface area (Å²) < 4.78 is 36.5. The molecular weight excluding hydrogens is 432 g/mol. The molecule has 1 aliphatic heterocycles. The van der Waals surface area contributed by atoms with Crippen molar-refractivity contribution >= 4 is 22.0 Å². The van der Waals surface area contributed by atoms with Crippen LogP contribution in [0.1, 0.15) is 11.3 Å². The van der Waals surface area contributed by atoms with Crippen LogP contribution in [0.2, 0.25) is 0 Å². The van der Waals surface area contributed by atoms with Crippen LogP contribution >= 0.6 is 0 Å². The molecule has 1 saturated heterocycles. The summed E-state index contributed by atoms with van der Waals surface area (Å²) in [6, 6.07) is 20.6. The molecule has 0 amide bonds. The lowest BCUT2D eigenvalue weighted by molar-refractivity contribution is 0.0675. The van der Waals surface area contributed by atoms with Crippen molar-refractivity contribution in [1.29, 1.82) is 0 Å². The third kappa shape index (κ3) is 7.80. The molecule has 32 heavy (non-hydrogen) atoms. The second-order valence-electron chi connectivity index (χ2n) is 7.20. The molecule has 0 saturated carbocycles. The molecule has 0 atom stereocenters. The molecule has 0 spiro atoms. The first-order valence-electron chi connectivity index (χ1n) is 9.97. The summed E-state index contributed by atoms with van der Waals surface area (Å²) in [5.74, 6) is 0.864. The lowest BCUT2D eigenvalue weighted by Crippen LogP contribution is -2.44. The van der Waals surface area contributed by atoms with E-state index in [1.807, 2.05) is 29.2 Å². The van der Waals surface area contributed by atoms with Crippen LogP contribution in [-0.2, 0) is 21.3 Å². The van der Waals surface area contributed by atoms with E-state index >= 15 is 0 Å². The van der Waals surface area contributed by atoms with E-state index in [1.165, 1.54) is 16.7 Å². The molecule has 0 bridgehead atoms. The number of hydrogen-bond acceptors (Lipinski definition) is 6. The molecule has 3 aromatic rings. The molecule has 2 heterocycles. The van der Waals surface area contributed by atoms with Crippen LogP contribution in [0, 0.1) is 0 Å². The van der Waals surface area contributed by atoms with Gasteiger partial charge < -0.3 is 19.9 Å². The number of guanidine groups is 1. The number of hydrogen-bond donors (Lipinski definition) is 2. The van der Waals surface area contributed by atoms with Crippen LogP contribution in [0.5, 0.6) is 0 Å². The minimum atomic E-state index is -3.67.